The molecule has 0 N–H and O–H groups in total. The second kappa shape index (κ2) is 8.05. The Kier molecular flexibility index (Phi) is 5.34. The topological polar surface area (TPSA) is 95.0 Å². The summed E-state index contributed by atoms with van der Waals surface area (Å²) >= 11 is 0. The van der Waals surface area contributed by atoms with E-state index in [-0.39, 0.29) is 5.92 Å². The molecule has 1 fully saturated rings. The zero-order valence-corrected chi connectivity index (χ0v) is 16.5. The number of hydrogen-bond donors (Lipinski definition) is 0. The lowest BCUT2D eigenvalue weighted by atomic mass is 9.98. The van der Waals surface area contributed by atoms with E-state index in [0.29, 0.717) is 24.7 Å². The first-order chi connectivity index (χ1) is 13.7. The minimum absolute atomic E-state index is 0.183. The quantitative estimate of drug-likeness (QED) is 0.639. The van der Waals surface area contributed by atoms with Crippen LogP contribution >= 0.6 is 0 Å². The minimum atomic E-state index is 0.183. The Bertz CT molecular complexity index is 936. The van der Waals surface area contributed by atoms with Gasteiger partial charge in [0.15, 0.2) is 5.82 Å². The maximum absolute atomic E-state index is 5.51. The molecule has 1 aliphatic heterocycles. The Morgan fingerprint density at radius 2 is 2.21 bits per heavy atom. The van der Waals surface area contributed by atoms with Crippen molar-refractivity contribution in [2.45, 2.75) is 32.1 Å². The van der Waals surface area contributed by atoms with Crippen molar-refractivity contribution >= 4 is 5.95 Å². The summed E-state index contributed by atoms with van der Waals surface area (Å²) in [6.45, 7) is 4.28. The van der Waals surface area contributed by atoms with Crippen LogP contribution in [0.15, 0.2) is 23.0 Å². The van der Waals surface area contributed by atoms with Crippen LogP contribution in [-0.4, -0.2) is 56.7 Å². The lowest BCUT2D eigenvalue weighted by Gasteiger charge is -2.31. The molecule has 4 rings (SSSR count). The van der Waals surface area contributed by atoms with Crippen molar-refractivity contribution in [1.82, 2.24) is 29.9 Å². The maximum atomic E-state index is 5.51. The van der Waals surface area contributed by atoms with E-state index < -0.39 is 0 Å². The fourth-order valence-electron chi connectivity index (χ4n) is 3.54. The summed E-state index contributed by atoms with van der Waals surface area (Å²) in [7, 11) is 3.59. The zero-order valence-electron chi connectivity index (χ0n) is 16.5. The molecule has 3 aromatic heterocycles. The molecule has 148 valence electrons. The van der Waals surface area contributed by atoms with E-state index in [1.165, 1.54) is 0 Å². The molecular weight excluding hydrogens is 358 g/mol. The van der Waals surface area contributed by atoms with Crippen LogP contribution in [0.5, 0.6) is 0 Å². The summed E-state index contributed by atoms with van der Waals surface area (Å²) in [6, 6.07) is 1.97. The Labute approximate surface area is 163 Å². The van der Waals surface area contributed by atoms with E-state index in [4.69, 9.17) is 14.2 Å². The Morgan fingerprint density at radius 3 is 3.00 bits per heavy atom. The van der Waals surface area contributed by atoms with Gasteiger partial charge in [-0.1, -0.05) is 5.16 Å². The first kappa shape index (κ1) is 18.5. The highest BCUT2D eigenvalue weighted by Crippen LogP contribution is 2.29. The van der Waals surface area contributed by atoms with Crippen LogP contribution in [0.1, 0.15) is 36.0 Å². The number of methoxy groups -OCH3 is 1. The molecule has 4 heterocycles. The van der Waals surface area contributed by atoms with Crippen LogP contribution in [0.2, 0.25) is 0 Å². The van der Waals surface area contributed by atoms with Crippen molar-refractivity contribution in [1.29, 1.82) is 0 Å². The third-order valence-electron chi connectivity index (χ3n) is 5.09. The predicted molar refractivity (Wildman–Crippen MR) is 103 cm³/mol. The molecule has 1 atom stereocenters. The number of anilines is 1. The van der Waals surface area contributed by atoms with E-state index in [0.717, 1.165) is 48.8 Å². The van der Waals surface area contributed by atoms with Crippen molar-refractivity contribution in [2.75, 3.05) is 31.7 Å². The second-order valence-corrected chi connectivity index (χ2v) is 7.12. The average Bonchev–Trinajstić information content (AvgIpc) is 3.36. The van der Waals surface area contributed by atoms with E-state index in [9.17, 15) is 0 Å². The SMILES string of the molecule is COCCc1noc([C@@H]2CCCN(c3ncc(C)c(-c4ccnn4C)n3)C2)n1. The Hall–Kier alpha value is -2.81. The van der Waals surface area contributed by atoms with Crippen LogP contribution < -0.4 is 4.90 Å². The molecule has 0 spiro atoms. The lowest BCUT2D eigenvalue weighted by molar-refractivity contribution is 0.199. The van der Waals surface area contributed by atoms with Crippen molar-refractivity contribution in [3.8, 4) is 11.4 Å². The fourth-order valence-corrected chi connectivity index (χ4v) is 3.54. The number of ether oxygens (including phenoxy) is 1. The van der Waals surface area contributed by atoms with E-state index in [1.807, 2.05) is 30.9 Å². The van der Waals surface area contributed by atoms with E-state index in [1.54, 1.807) is 13.3 Å². The van der Waals surface area contributed by atoms with Gasteiger partial charge in [-0.05, 0) is 31.4 Å². The van der Waals surface area contributed by atoms with E-state index in [2.05, 4.69) is 25.1 Å². The Morgan fingerprint density at radius 1 is 1.32 bits per heavy atom. The third-order valence-corrected chi connectivity index (χ3v) is 5.09. The van der Waals surface area contributed by atoms with Crippen molar-refractivity contribution in [2.24, 2.45) is 7.05 Å². The molecule has 9 nitrogen and oxygen atoms in total. The number of piperidine rings is 1. The van der Waals surface area contributed by atoms with Crippen LogP contribution in [-0.2, 0) is 18.2 Å². The monoisotopic (exact) mass is 383 g/mol. The molecular formula is C19H25N7O2. The second-order valence-electron chi connectivity index (χ2n) is 7.12. The van der Waals surface area contributed by atoms with Crippen molar-refractivity contribution in [3.05, 3.63) is 35.7 Å². The van der Waals surface area contributed by atoms with Gasteiger partial charge in [0.2, 0.25) is 11.8 Å². The van der Waals surface area contributed by atoms with Gasteiger partial charge in [0.1, 0.15) is 0 Å². The van der Waals surface area contributed by atoms with Gasteiger partial charge in [-0.15, -0.1) is 0 Å². The molecule has 0 radical (unpaired) electrons. The van der Waals surface area contributed by atoms with Crippen molar-refractivity contribution in [3.63, 3.8) is 0 Å². The van der Waals surface area contributed by atoms with Gasteiger partial charge in [-0.2, -0.15) is 10.1 Å². The summed E-state index contributed by atoms with van der Waals surface area (Å²) in [4.78, 5) is 16.2. The fraction of sp³-hybridized carbons (Fsp3) is 0.526. The first-order valence-corrected chi connectivity index (χ1v) is 9.54. The number of rotatable bonds is 6. The normalized spacial score (nSPS) is 17.2. The number of nitrogens with zero attached hydrogens (tertiary/aromatic N) is 7. The van der Waals surface area contributed by atoms with Gasteiger partial charge in [0.05, 0.1) is 23.9 Å². The highest BCUT2D eigenvalue weighted by Gasteiger charge is 2.28. The average molecular weight is 383 g/mol. The first-order valence-electron chi connectivity index (χ1n) is 9.54. The van der Waals surface area contributed by atoms with Crippen molar-refractivity contribution < 1.29 is 9.26 Å². The summed E-state index contributed by atoms with van der Waals surface area (Å²) in [5.41, 5.74) is 2.92. The molecule has 0 aliphatic carbocycles. The van der Waals surface area contributed by atoms with E-state index >= 15 is 0 Å². The molecule has 9 heteroatoms. The summed E-state index contributed by atoms with van der Waals surface area (Å²) in [5.74, 6) is 2.29. The van der Waals surface area contributed by atoms with Gasteiger partial charge in [-0.3, -0.25) is 4.68 Å². The third kappa shape index (κ3) is 3.75. The van der Waals surface area contributed by atoms with Gasteiger partial charge in [-0.25, -0.2) is 9.97 Å². The highest BCUT2D eigenvalue weighted by molar-refractivity contribution is 5.60. The number of aryl methyl sites for hydroxylation is 2. The van der Waals surface area contributed by atoms with Crippen LogP contribution in [0.3, 0.4) is 0 Å². The minimum Gasteiger partial charge on any atom is -0.384 e. The lowest BCUT2D eigenvalue weighted by Crippen LogP contribution is -2.35. The molecule has 0 bridgehead atoms. The van der Waals surface area contributed by atoms with Gasteiger partial charge >= 0.3 is 0 Å². The standard InChI is InChI=1S/C19H25N7O2/c1-13-11-20-19(23-17(13)15-6-8-21-25(15)2)26-9-4-5-14(12-26)18-22-16(24-28-18)7-10-27-3/h6,8,11,14H,4-5,7,9-10,12H2,1-3H3/t14-/m1/s1. The zero-order chi connectivity index (χ0) is 19.5. The van der Waals surface area contributed by atoms with Crippen LogP contribution in [0.25, 0.3) is 11.4 Å². The maximum Gasteiger partial charge on any atom is 0.231 e. The smallest absolute Gasteiger partial charge is 0.231 e. The number of aromatic nitrogens is 6. The van der Waals surface area contributed by atoms with Gasteiger partial charge in [0, 0.05) is 46.1 Å². The molecule has 1 aliphatic rings. The number of hydrogen-bond acceptors (Lipinski definition) is 8. The van der Waals surface area contributed by atoms with Gasteiger partial charge in [0.25, 0.3) is 0 Å². The molecule has 0 unspecified atom stereocenters. The molecule has 0 saturated carbocycles. The summed E-state index contributed by atoms with van der Waals surface area (Å²) < 4.78 is 12.4. The highest BCUT2D eigenvalue weighted by atomic mass is 16.5. The van der Waals surface area contributed by atoms with Gasteiger partial charge < -0.3 is 14.2 Å². The predicted octanol–water partition coefficient (Wildman–Crippen LogP) is 2.14. The summed E-state index contributed by atoms with van der Waals surface area (Å²) in [5, 5.41) is 8.33. The Balaban J connectivity index is 1.53. The molecule has 28 heavy (non-hydrogen) atoms. The molecule has 1 saturated heterocycles. The van der Waals surface area contributed by atoms with Crippen LogP contribution in [0, 0.1) is 6.92 Å². The van der Waals surface area contributed by atoms with Crippen LogP contribution in [0.4, 0.5) is 5.95 Å². The summed E-state index contributed by atoms with van der Waals surface area (Å²) in [6.07, 6.45) is 6.36. The largest absolute Gasteiger partial charge is 0.384 e. The molecule has 0 aromatic carbocycles. The molecule has 0 amide bonds. The molecule has 3 aromatic rings.